The third kappa shape index (κ3) is 5.65. The van der Waals surface area contributed by atoms with Crippen LogP contribution in [0.5, 0.6) is 0 Å². The largest absolute Gasteiger partial charge is 0.408 e. The van der Waals surface area contributed by atoms with Crippen LogP contribution in [0.1, 0.15) is 13.8 Å². The van der Waals surface area contributed by atoms with E-state index in [2.05, 4.69) is 9.82 Å². The van der Waals surface area contributed by atoms with Gasteiger partial charge < -0.3 is 5.73 Å². The number of hydrogen-bond donors (Lipinski definition) is 2. The number of halogens is 4. The quantitative estimate of drug-likeness (QED) is 0.835. The highest BCUT2D eigenvalue weighted by Crippen LogP contribution is 2.18. The molecule has 118 valence electrons. The van der Waals surface area contributed by atoms with Gasteiger partial charge in [-0.25, -0.2) is 13.1 Å². The van der Waals surface area contributed by atoms with Crippen LogP contribution in [0.2, 0.25) is 0 Å². The summed E-state index contributed by atoms with van der Waals surface area (Å²) in [5, 5.41) is 3.37. The van der Waals surface area contributed by atoms with E-state index in [1.165, 1.54) is 0 Å². The molecule has 1 heterocycles. The summed E-state index contributed by atoms with van der Waals surface area (Å²) in [5.74, 6) is 0. The van der Waals surface area contributed by atoms with Crippen LogP contribution in [-0.4, -0.2) is 36.5 Å². The molecule has 6 nitrogen and oxygen atoms in total. The van der Waals surface area contributed by atoms with Crippen molar-refractivity contribution in [1.82, 2.24) is 14.5 Å². The molecule has 0 fully saturated rings. The molecule has 0 unspecified atom stereocenters. The number of alkyl halides is 3. The van der Waals surface area contributed by atoms with Gasteiger partial charge in [-0.05, 0) is 13.8 Å². The van der Waals surface area contributed by atoms with Crippen molar-refractivity contribution in [3.63, 3.8) is 0 Å². The van der Waals surface area contributed by atoms with E-state index >= 15 is 0 Å². The molecule has 1 aromatic heterocycles. The lowest BCUT2D eigenvalue weighted by Crippen LogP contribution is -2.48. The van der Waals surface area contributed by atoms with Gasteiger partial charge in [0.1, 0.15) is 11.4 Å². The molecule has 0 atom stereocenters. The molecule has 0 aliphatic rings. The predicted octanol–water partition coefficient (Wildman–Crippen LogP) is 0.883. The van der Waals surface area contributed by atoms with Gasteiger partial charge in [-0.15, -0.1) is 12.4 Å². The molecule has 0 spiro atoms. The van der Waals surface area contributed by atoms with E-state index < -0.39 is 28.3 Å². The van der Waals surface area contributed by atoms with E-state index in [1.807, 2.05) is 0 Å². The molecular formula is C9H16ClF3N4O2S. The first-order valence-electron chi connectivity index (χ1n) is 5.28. The fourth-order valence-electron chi connectivity index (χ4n) is 1.22. The molecule has 0 amide bonds. The van der Waals surface area contributed by atoms with Gasteiger partial charge in [0.2, 0.25) is 10.0 Å². The van der Waals surface area contributed by atoms with E-state index in [4.69, 9.17) is 5.73 Å². The summed E-state index contributed by atoms with van der Waals surface area (Å²) in [6.07, 6.45) is -2.78. The molecule has 0 bridgehead atoms. The zero-order valence-corrected chi connectivity index (χ0v) is 12.4. The smallest absolute Gasteiger partial charge is 0.329 e. The molecule has 0 saturated heterocycles. The highest BCUT2D eigenvalue weighted by Gasteiger charge is 2.30. The molecule has 3 N–H and O–H groups in total. The van der Waals surface area contributed by atoms with Crippen LogP contribution in [0.4, 0.5) is 13.2 Å². The van der Waals surface area contributed by atoms with Gasteiger partial charge in [0.25, 0.3) is 0 Å². The fourth-order valence-corrected chi connectivity index (χ4v) is 2.59. The van der Waals surface area contributed by atoms with E-state index in [1.54, 1.807) is 13.8 Å². The summed E-state index contributed by atoms with van der Waals surface area (Å²) < 4.78 is 63.0. The first-order valence-corrected chi connectivity index (χ1v) is 6.77. The van der Waals surface area contributed by atoms with Crippen molar-refractivity contribution in [3.8, 4) is 0 Å². The van der Waals surface area contributed by atoms with Crippen LogP contribution < -0.4 is 10.5 Å². The zero-order chi connectivity index (χ0) is 14.9. The van der Waals surface area contributed by atoms with Crippen LogP contribution in [0, 0.1) is 0 Å². The minimum atomic E-state index is -4.46. The molecular weight excluding hydrogens is 321 g/mol. The van der Waals surface area contributed by atoms with Crippen molar-refractivity contribution in [2.24, 2.45) is 5.73 Å². The Balaban J connectivity index is 0.00000361. The molecule has 0 aliphatic carbocycles. The summed E-state index contributed by atoms with van der Waals surface area (Å²) >= 11 is 0. The third-order valence-electron chi connectivity index (χ3n) is 2.18. The Morgan fingerprint density at radius 2 is 1.95 bits per heavy atom. The summed E-state index contributed by atoms with van der Waals surface area (Å²) in [6.45, 7) is 1.82. The van der Waals surface area contributed by atoms with Gasteiger partial charge in [0.05, 0.1) is 6.20 Å². The van der Waals surface area contributed by atoms with Crippen molar-refractivity contribution >= 4 is 22.4 Å². The van der Waals surface area contributed by atoms with Crippen molar-refractivity contribution < 1.29 is 21.6 Å². The molecule has 1 rings (SSSR count). The molecule has 0 aromatic carbocycles. The fraction of sp³-hybridized carbons (Fsp3) is 0.667. The average Bonchev–Trinajstić information content (AvgIpc) is 2.62. The van der Waals surface area contributed by atoms with Crippen LogP contribution in [0.3, 0.4) is 0 Å². The number of rotatable bonds is 5. The highest BCUT2D eigenvalue weighted by molar-refractivity contribution is 7.89. The van der Waals surface area contributed by atoms with Gasteiger partial charge in [-0.3, -0.25) is 4.68 Å². The maximum Gasteiger partial charge on any atom is 0.408 e. The van der Waals surface area contributed by atoms with Gasteiger partial charge in [-0.2, -0.15) is 18.3 Å². The summed E-state index contributed by atoms with van der Waals surface area (Å²) in [6, 6.07) is 0. The lowest BCUT2D eigenvalue weighted by molar-refractivity contribution is -0.142. The topological polar surface area (TPSA) is 90.0 Å². The number of nitrogens with one attached hydrogen (secondary N) is 1. The van der Waals surface area contributed by atoms with E-state index in [-0.39, 0.29) is 23.8 Å². The van der Waals surface area contributed by atoms with Gasteiger partial charge in [0.15, 0.2) is 0 Å². The van der Waals surface area contributed by atoms with Crippen molar-refractivity contribution in [2.45, 2.75) is 37.0 Å². The average molecular weight is 337 g/mol. The van der Waals surface area contributed by atoms with E-state index in [9.17, 15) is 21.6 Å². The van der Waals surface area contributed by atoms with Crippen molar-refractivity contribution in [1.29, 1.82) is 0 Å². The standard InChI is InChI=1S/C9H15F3N4O2S.ClH/c1-8(2,5-13)15-19(17,18)7-3-14-16(4-7)6-9(10,11)12;/h3-4,15H,5-6,13H2,1-2H3;1H. The number of hydrogen-bond acceptors (Lipinski definition) is 4. The highest BCUT2D eigenvalue weighted by atomic mass is 35.5. The Morgan fingerprint density at radius 3 is 2.40 bits per heavy atom. The summed E-state index contributed by atoms with van der Waals surface area (Å²) in [4.78, 5) is -0.335. The lowest BCUT2D eigenvalue weighted by Gasteiger charge is -2.23. The maximum absolute atomic E-state index is 12.1. The van der Waals surface area contributed by atoms with Crippen LogP contribution in [0.25, 0.3) is 0 Å². The minimum Gasteiger partial charge on any atom is -0.329 e. The minimum absolute atomic E-state index is 0. The first-order chi connectivity index (χ1) is 8.45. The van der Waals surface area contributed by atoms with E-state index in [0.717, 1.165) is 12.4 Å². The number of sulfonamides is 1. The number of nitrogens with zero attached hydrogens (tertiary/aromatic N) is 2. The Morgan fingerprint density at radius 1 is 1.40 bits per heavy atom. The summed E-state index contributed by atoms with van der Waals surface area (Å²) in [7, 11) is -3.95. The second kappa shape index (κ2) is 6.29. The Labute approximate surface area is 121 Å². The number of aromatic nitrogens is 2. The number of nitrogens with two attached hydrogens (primary N) is 1. The molecule has 1 aromatic rings. The Hall–Kier alpha value is -0.840. The molecule has 0 aliphatic heterocycles. The Kier molecular flexibility index (Phi) is 6.02. The maximum atomic E-state index is 12.1. The van der Waals surface area contributed by atoms with Crippen molar-refractivity contribution in [2.75, 3.05) is 6.54 Å². The van der Waals surface area contributed by atoms with Crippen LogP contribution in [-0.2, 0) is 16.6 Å². The predicted molar refractivity (Wildman–Crippen MR) is 69.0 cm³/mol. The molecule has 0 saturated carbocycles. The lowest BCUT2D eigenvalue weighted by atomic mass is 10.1. The summed E-state index contributed by atoms with van der Waals surface area (Å²) in [5.41, 5.74) is 4.49. The second-order valence-corrected chi connectivity index (χ2v) is 6.36. The molecule has 20 heavy (non-hydrogen) atoms. The van der Waals surface area contributed by atoms with Gasteiger partial charge >= 0.3 is 6.18 Å². The van der Waals surface area contributed by atoms with E-state index in [0.29, 0.717) is 4.68 Å². The molecule has 0 radical (unpaired) electrons. The zero-order valence-electron chi connectivity index (χ0n) is 10.8. The SMILES string of the molecule is CC(C)(CN)NS(=O)(=O)c1cnn(CC(F)(F)F)c1.Cl. The Bertz CT molecular complexity index is 542. The second-order valence-electron chi connectivity index (χ2n) is 4.68. The van der Waals surface area contributed by atoms with Gasteiger partial charge in [0, 0.05) is 18.3 Å². The monoisotopic (exact) mass is 336 g/mol. The van der Waals surface area contributed by atoms with Crippen LogP contribution >= 0.6 is 12.4 Å². The molecule has 11 heteroatoms. The first kappa shape index (κ1) is 19.2. The van der Waals surface area contributed by atoms with Gasteiger partial charge in [-0.1, -0.05) is 0 Å². The normalized spacial score (nSPS) is 13.1. The third-order valence-corrected chi connectivity index (χ3v) is 3.83. The van der Waals surface area contributed by atoms with Crippen molar-refractivity contribution in [3.05, 3.63) is 12.4 Å². The van der Waals surface area contributed by atoms with Crippen LogP contribution in [0.15, 0.2) is 17.3 Å².